The Balaban J connectivity index is 1.47. The second-order valence-electron chi connectivity index (χ2n) is 10.6. The lowest BCUT2D eigenvalue weighted by Crippen LogP contribution is -2.32. The summed E-state index contributed by atoms with van der Waals surface area (Å²) in [5.74, 6) is -1.11. The van der Waals surface area contributed by atoms with Gasteiger partial charge in [-0.2, -0.15) is 13.2 Å². The molecule has 0 aliphatic carbocycles. The van der Waals surface area contributed by atoms with Crippen LogP contribution in [0.3, 0.4) is 0 Å². The summed E-state index contributed by atoms with van der Waals surface area (Å²) in [6.07, 6.45) is -0.750. The van der Waals surface area contributed by atoms with Crippen LogP contribution in [0.25, 0.3) is 11.3 Å². The molecule has 1 saturated heterocycles. The summed E-state index contributed by atoms with van der Waals surface area (Å²) < 4.78 is 62.2. The van der Waals surface area contributed by atoms with Gasteiger partial charge in [0.25, 0.3) is 5.91 Å². The fraction of sp³-hybridized carbons (Fsp3) is 0.290. The predicted molar refractivity (Wildman–Crippen MR) is 160 cm³/mol. The minimum absolute atomic E-state index is 0.0669. The van der Waals surface area contributed by atoms with Gasteiger partial charge in [0.1, 0.15) is 11.6 Å². The van der Waals surface area contributed by atoms with Crippen molar-refractivity contribution in [3.05, 3.63) is 83.4 Å². The lowest BCUT2D eigenvalue weighted by molar-refractivity contribution is -0.137. The Morgan fingerprint density at radius 1 is 1.09 bits per heavy atom. The number of ether oxygens (including phenoxy) is 1. The van der Waals surface area contributed by atoms with Crippen LogP contribution < -0.4 is 20.3 Å². The third-order valence-electron chi connectivity index (χ3n) is 7.45. The molecule has 4 aromatic rings. The molecule has 1 fully saturated rings. The lowest BCUT2D eigenvalue weighted by Gasteiger charge is -2.25. The molecule has 9 nitrogen and oxygen atoms in total. The van der Waals surface area contributed by atoms with Crippen molar-refractivity contribution in [1.82, 2.24) is 19.9 Å². The van der Waals surface area contributed by atoms with E-state index in [4.69, 9.17) is 4.74 Å². The van der Waals surface area contributed by atoms with E-state index < -0.39 is 29.0 Å². The summed E-state index contributed by atoms with van der Waals surface area (Å²) in [5.41, 5.74) is 0.435. The number of aromatic nitrogens is 3. The highest BCUT2D eigenvalue weighted by molar-refractivity contribution is 6.06. The number of carbonyl (C=O) groups is 1. The number of aryl methyl sites for hydroxylation is 1. The first-order valence-electron chi connectivity index (χ1n) is 13.8. The molecular weight excluding hydrogens is 578 g/mol. The minimum Gasteiger partial charge on any atom is -0.438 e. The third kappa shape index (κ3) is 6.57. The van der Waals surface area contributed by atoms with E-state index in [0.717, 1.165) is 24.6 Å². The number of nitrogens with one attached hydrogen (secondary N) is 2. The first kappa shape index (κ1) is 30.7. The molecule has 0 bridgehead atoms. The molecule has 1 aliphatic heterocycles. The Bertz CT molecular complexity index is 1680. The second-order valence-corrected chi connectivity index (χ2v) is 10.6. The molecule has 1 aliphatic rings. The Kier molecular flexibility index (Phi) is 8.68. The Hall–Kier alpha value is -4.78. The van der Waals surface area contributed by atoms with E-state index in [1.807, 2.05) is 23.9 Å². The molecule has 0 radical (unpaired) electrons. The molecule has 13 heteroatoms. The van der Waals surface area contributed by atoms with Crippen LogP contribution in [0, 0.1) is 12.7 Å². The number of benzene rings is 2. The van der Waals surface area contributed by atoms with E-state index in [-0.39, 0.29) is 23.4 Å². The zero-order chi connectivity index (χ0) is 31.6. The highest BCUT2D eigenvalue weighted by Gasteiger charge is 2.33. The first-order valence-corrected chi connectivity index (χ1v) is 13.8. The number of hydrogen-bond acceptors (Lipinski definition) is 8. The van der Waals surface area contributed by atoms with Crippen LogP contribution in [0.5, 0.6) is 11.6 Å². The zero-order valence-corrected chi connectivity index (χ0v) is 24.5. The summed E-state index contributed by atoms with van der Waals surface area (Å²) in [6, 6.07) is 10.8. The van der Waals surface area contributed by atoms with Gasteiger partial charge >= 0.3 is 6.18 Å². The molecule has 3 heterocycles. The smallest absolute Gasteiger partial charge is 0.416 e. The van der Waals surface area contributed by atoms with Crippen molar-refractivity contribution in [3.8, 4) is 22.9 Å². The van der Waals surface area contributed by atoms with E-state index in [9.17, 15) is 18.0 Å². The standard InChI is InChI=1S/C31H31F4N7O2/c1-18-14-23(32)22(16-27(18)44-29-21(6-5-11-37-29)24-9-12-38-30(36-2)40-24)28(43)39-25-15-19(31(33,34)35)7-8-26(25)42-13-10-20(17-42)41(3)4/h5-9,11-12,14-16,20H,10,13,17H2,1-4H3,(H,39,43)(H,36,38,40). The normalized spacial score (nSPS) is 15.0. The van der Waals surface area contributed by atoms with Crippen LogP contribution in [-0.2, 0) is 6.18 Å². The van der Waals surface area contributed by atoms with Crippen molar-refractivity contribution in [2.45, 2.75) is 25.6 Å². The summed E-state index contributed by atoms with van der Waals surface area (Å²) in [4.78, 5) is 30.2. The van der Waals surface area contributed by atoms with Crippen LogP contribution in [0.2, 0.25) is 0 Å². The van der Waals surface area contributed by atoms with Gasteiger partial charge < -0.3 is 25.2 Å². The largest absolute Gasteiger partial charge is 0.438 e. The SMILES string of the molecule is CNc1nccc(-c2cccnc2Oc2cc(C(=O)Nc3cc(C(F)(F)F)ccc3N3CCC(N(C)C)C3)c(F)cc2C)n1. The molecule has 2 aromatic carbocycles. The second kappa shape index (κ2) is 12.4. The molecule has 2 aromatic heterocycles. The monoisotopic (exact) mass is 609 g/mol. The van der Waals surface area contributed by atoms with Gasteiger partial charge in [-0.3, -0.25) is 4.79 Å². The van der Waals surface area contributed by atoms with Crippen molar-refractivity contribution in [2.75, 3.05) is 49.8 Å². The van der Waals surface area contributed by atoms with Crippen molar-refractivity contribution in [3.63, 3.8) is 0 Å². The molecule has 5 rings (SSSR count). The molecule has 2 N–H and O–H groups in total. The first-order chi connectivity index (χ1) is 20.9. The van der Waals surface area contributed by atoms with Crippen LogP contribution in [0.15, 0.2) is 60.9 Å². The van der Waals surface area contributed by atoms with Gasteiger partial charge in [0.15, 0.2) is 0 Å². The van der Waals surface area contributed by atoms with Crippen molar-refractivity contribution in [2.24, 2.45) is 0 Å². The minimum atomic E-state index is -4.64. The zero-order valence-electron chi connectivity index (χ0n) is 24.5. The summed E-state index contributed by atoms with van der Waals surface area (Å²) in [5, 5.41) is 5.40. The van der Waals surface area contributed by atoms with Gasteiger partial charge in [-0.1, -0.05) is 0 Å². The molecular formula is C31H31F4N7O2. The van der Waals surface area contributed by atoms with E-state index in [2.05, 4.69) is 25.6 Å². The number of likely N-dealkylation sites (N-methyl/N-ethyl adjacent to an activating group) is 1. The molecule has 230 valence electrons. The van der Waals surface area contributed by atoms with E-state index in [1.54, 1.807) is 38.4 Å². The Morgan fingerprint density at radius 3 is 2.59 bits per heavy atom. The summed E-state index contributed by atoms with van der Waals surface area (Å²) >= 11 is 0. The molecule has 1 unspecified atom stereocenters. The number of carbonyl (C=O) groups excluding carboxylic acids is 1. The Morgan fingerprint density at radius 2 is 1.89 bits per heavy atom. The number of pyridine rings is 1. The fourth-order valence-corrected chi connectivity index (χ4v) is 5.00. The maximum Gasteiger partial charge on any atom is 0.416 e. The van der Waals surface area contributed by atoms with E-state index in [0.29, 0.717) is 41.5 Å². The quantitative estimate of drug-likeness (QED) is 0.227. The van der Waals surface area contributed by atoms with Crippen molar-refractivity contribution < 1.29 is 27.1 Å². The van der Waals surface area contributed by atoms with Crippen LogP contribution in [0.1, 0.15) is 27.9 Å². The van der Waals surface area contributed by atoms with Crippen molar-refractivity contribution in [1.29, 1.82) is 0 Å². The average molecular weight is 610 g/mol. The van der Waals surface area contributed by atoms with Gasteiger partial charge in [0.05, 0.1) is 33.8 Å². The maximum absolute atomic E-state index is 15.2. The summed E-state index contributed by atoms with van der Waals surface area (Å²) in [7, 11) is 5.55. The fourth-order valence-electron chi connectivity index (χ4n) is 5.00. The van der Waals surface area contributed by atoms with Gasteiger partial charge in [-0.25, -0.2) is 19.3 Å². The van der Waals surface area contributed by atoms with Crippen molar-refractivity contribution >= 4 is 23.2 Å². The number of anilines is 3. The van der Waals surface area contributed by atoms with Gasteiger partial charge in [-0.15, -0.1) is 0 Å². The topological polar surface area (TPSA) is 95.5 Å². The molecule has 0 saturated carbocycles. The number of rotatable bonds is 8. The van der Waals surface area contributed by atoms with Crippen LogP contribution >= 0.6 is 0 Å². The van der Waals surface area contributed by atoms with Gasteiger partial charge in [0, 0.05) is 38.6 Å². The number of halogens is 4. The maximum atomic E-state index is 15.2. The molecule has 1 atom stereocenters. The molecule has 0 spiro atoms. The predicted octanol–water partition coefficient (Wildman–Crippen LogP) is 6.23. The van der Waals surface area contributed by atoms with Gasteiger partial charge in [-0.05, 0) is 81.5 Å². The average Bonchev–Trinajstić information content (AvgIpc) is 3.49. The summed E-state index contributed by atoms with van der Waals surface area (Å²) in [6.45, 7) is 2.75. The van der Waals surface area contributed by atoms with E-state index in [1.165, 1.54) is 18.3 Å². The molecule has 1 amide bonds. The number of hydrogen-bond donors (Lipinski definition) is 2. The number of alkyl halides is 3. The van der Waals surface area contributed by atoms with Crippen LogP contribution in [-0.4, -0.2) is 66.0 Å². The Labute approximate surface area is 251 Å². The third-order valence-corrected chi connectivity index (χ3v) is 7.45. The van der Waals surface area contributed by atoms with Crippen LogP contribution in [0.4, 0.5) is 34.9 Å². The highest BCUT2D eigenvalue weighted by atomic mass is 19.4. The number of nitrogens with zero attached hydrogens (tertiary/aromatic N) is 5. The van der Waals surface area contributed by atoms with Gasteiger partial charge in [0.2, 0.25) is 11.8 Å². The number of amides is 1. The van der Waals surface area contributed by atoms with E-state index >= 15 is 4.39 Å². The lowest BCUT2D eigenvalue weighted by atomic mass is 10.1. The highest BCUT2D eigenvalue weighted by Crippen LogP contribution is 2.38. The molecule has 44 heavy (non-hydrogen) atoms.